The van der Waals surface area contributed by atoms with Gasteiger partial charge in [-0.3, -0.25) is 4.79 Å². The first-order chi connectivity index (χ1) is 23.1. The van der Waals surface area contributed by atoms with Crippen molar-refractivity contribution in [3.05, 3.63) is 197 Å². The Balaban J connectivity index is 0.000000837. The van der Waals surface area contributed by atoms with Gasteiger partial charge in [0.2, 0.25) is 0 Å². The number of para-hydroxylation sites is 1. The van der Waals surface area contributed by atoms with E-state index in [0.717, 1.165) is 33.4 Å². The van der Waals surface area contributed by atoms with Crippen LogP contribution in [0.15, 0.2) is 139 Å². The van der Waals surface area contributed by atoms with Crippen molar-refractivity contribution in [1.82, 2.24) is 5.43 Å². The molecule has 2 N–H and O–H groups in total. The average Bonchev–Trinajstić information content (AvgIpc) is 3.08. The van der Waals surface area contributed by atoms with Crippen LogP contribution in [0.3, 0.4) is 0 Å². The molecule has 244 valence electrons. The van der Waals surface area contributed by atoms with Crippen LogP contribution in [0.2, 0.25) is 0 Å². The summed E-state index contributed by atoms with van der Waals surface area (Å²) in [5, 5.41) is 43.7. The van der Waals surface area contributed by atoms with Gasteiger partial charge in [0.25, 0.3) is 5.91 Å². The SMILES string of the molecule is COc1cccc(C=NNC(=O)c2ccc(C(=C(c3ccccc3)c3ccccc3)c3ccccc3)cc2)c1O.O=[N+]([O-])[O-].O=[N+]([O-])[O-].[Cd+2]. The van der Waals surface area contributed by atoms with Gasteiger partial charge in [-0.1, -0.05) is 109 Å². The molecule has 5 aromatic rings. The third-order valence-electron chi connectivity index (χ3n) is 6.49. The van der Waals surface area contributed by atoms with Crippen LogP contribution in [0.4, 0.5) is 0 Å². The molecule has 0 aromatic heterocycles. The summed E-state index contributed by atoms with van der Waals surface area (Å²) in [4.78, 5) is 29.3. The summed E-state index contributed by atoms with van der Waals surface area (Å²) >= 11 is 0. The minimum absolute atomic E-state index is 0. The molecule has 0 bridgehead atoms. The maximum Gasteiger partial charge on any atom is 2.00 e. The van der Waals surface area contributed by atoms with Gasteiger partial charge in [0.05, 0.1) is 23.5 Å². The van der Waals surface area contributed by atoms with Crippen molar-refractivity contribution in [2.45, 2.75) is 0 Å². The second-order valence-electron chi connectivity index (χ2n) is 9.47. The van der Waals surface area contributed by atoms with Crippen molar-refractivity contribution in [1.29, 1.82) is 0 Å². The van der Waals surface area contributed by atoms with Gasteiger partial charge in [-0.25, -0.2) is 5.43 Å². The number of hydrogen-bond donors (Lipinski definition) is 2. The number of nitrogens with one attached hydrogen (secondary N) is 1. The number of hydrogen-bond acceptors (Lipinski definition) is 10. The van der Waals surface area contributed by atoms with Crippen LogP contribution in [-0.4, -0.2) is 34.5 Å². The predicted octanol–water partition coefficient (Wildman–Crippen LogP) is 6.69. The zero-order valence-corrected chi connectivity index (χ0v) is 30.1. The summed E-state index contributed by atoms with van der Waals surface area (Å²) in [5.74, 6) is -0.0690. The first-order valence-electron chi connectivity index (χ1n) is 14.0. The Morgan fingerprint density at radius 3 is 1.39 bits per heavy atom. The van der Waals surface area contributed by atoms with E-state index in [1.807, 2.05) is 66.7 Å². The minimum atomic E-state index is -1.75. The van der Waals surface area contributed by atoms with Gasteiger partial charge in [0.15, 0.2) is 11.5 Å². The van der Waals surface area contributed by atoms with Crippen LogP contribution >= 0.6 is 0 Å². The number of hydrazone groups is 1. The largest absolute Gasteiger partial charge is 2.00 e. The number of rotatable bonds is 8. The molecule has 0 aliphatic carbocycles. The maximum absolute atomic E-state index is 12.8. The van der Waals surface area contributed by atoms with Crippen LogP contribution in [0.25, 0.3) is 11.1 Å². The number of ether oxygens (including phenoxy) is 1. The Hall–Kier alpha value is -6.10. The van der Waals surface area contributed by atoms with E-state index in [2.05, 4.69) is 46.9 Å². The summed E-state index contributed by atoms with van der Waals surface area (Å²) in [5.41, 5.74) is 9.86. The quantitative estimate of drug-likeness (QED) is 0.0568. The molecule has 0 fully saturated rings. The fourth-order valence-corrected chi connectivity index (χ4v) is 4.55. The van der Waals surface area contributed by atoms with E-state index in [1.54, 1.807) is 30.3 Å². The second kappa shape index (κ2) is 20.2. The van der Waals surface area contributed by atoms with E-state index in [0.29, 0.717) is 16.9 Å². The van der Waals surface area contributed by atoms with Crippen LogP contribution in [0, 0.1) is 30.6 Å². The molecule has 1 amide bonds. The monoisotopic (exact) mass is 762 g/mol. The Kier molecular flexibility index (Phi) is 16.1. The Morgan fingerprint density at radius 1 is 0.633 bits per heavy atom. The molecule has 0 saturated carbocycles. The molecule has 5 aromatic carbocycles. The molecule has 0 aliphatic heterocycles. The number of nitrogens with zero attached hydrogens (tertiary/aromatic N) is 3. The summed E-state index contributed by atoms with van der Waals surface area (Å²) < 4.78 is 5.12. The molecule has 49 heavy (non-hydrogen) atoms. The Labute approximate surface area is 300 Å². The Morgan fingerprint density at radius 2 is 1.00 bits per heavy atom. The van der Waals surface area contributed by atoms with Crippen molar-refractivity contribution in [2.24, 2.45) is 5.10 Å². The van der Waals surface area contributed by atoms with Crippen molar-refractivity contribution in [3.63, 3.8) is 0 Å². The maximum atomic E-state index is 12.8. The molecule has 5 rings (SSSR count). The normalized spacial score (nSPS) is 9.73. The molecule has 0 spiro atoms. The van der Waals surface area contributed by atoms with Crippen LogP contribution in [-0.2, 0) is 27.3 Å². The second-order valence-corrected chi connectivity index (χ2v) is 9.47. The summed E-state index contributed by atoms with van der Waals surface area (Å²) in [6, 6.07) is 43.5. The summed E-state index contributed by atoms with van der Waals surface area (Å²) in [7, 11) is 1.47. The van der Waals surface area contributed by atoms with Gasteiger partial charge in [-0.2, -0.15) is 5.10 Å². The number of aromatic hydroxyl groups is 1. The summed E-state index contributed by atoms with van der Waals surface area (Å²) in [6.45, 7) is 0. The van der Waals surface area contributed by atoms with E-state index in [9.17, 15) is 9.90 Å². The molecule has 13 nitrogen and oxygen atoms in total. The fraction of sp³-hybridized carbons (Fsp3) is 0.0286. The molecule has 0 radical (unpaired) electrons. The number of phenolic OH excluding ortho intramolecular Hbond substituents is 1. The molecule has 0 aliphatic rings. The van der Waals surface area contributed by atoms with E-state index in [4.69, 9.17) is 35.4 Å². The van der Waals surface area contributed by atoms with Crippen molar-refractivity contribution < 1.29 is 52.1 Å². The number of carbonyl (C=O) groups excluding carboxylic acids is 1. The van der Waals surface area contributed by atoms with Gasteiger partial charge < -0.3 is 40.5 Å². The van der Waals surface area contributed by atoms with Crippen molar-refractivity contribution >= 4 is 23.3 Å². The molecule has 0 unspecified atom stereocenters. The van der Waals surface area contributed by atoms with Crippen LogP contribution < -0.4 is 10.2 Å². The van der Waals surface area contributed by atoms with E-state index in [-0.39, 0.29) is 39.0 Å². The number of phenols is 1. The third-order valence-corrected chi connectivity index (χ3v) is 6.49. The fourth-order valence-electron chi connectivity index (χ4n) is 4.55. The van der Waals surface area contributed by atoms with Gasteiger partial charge in [0, 0.05) is 11.1 Å². The number of benzene rings is 5. The van der Waals surface area contributed by atoms with E-state index >= 15 is 0 Å². The Bertz CT molecular complexity index is 1810. The molecular formula is C35H28CdN4O9. The van der Waals surface area contributed by atoms with Gasteiger partial charge in [-0.05, 0) is 57.7 Å². The zero-order valence-electron chi connectivity index (χ0n) is 26.0. The average molecular weight is 761 g/mol. The summed E-state index contributed by atoms with van der Waals surface area (Å²) in [6.07, 6.45) is 1.38. The van der Waals surface area contributed by atoms with Gasteiger partial charge in [0.1, 0.15) is 0 Å². The first kappa shape index (κ1) is 39.1. The number of carbonyl (C=O) groups is 1. The van der Waals surface area contributed by atoms with Gasteiger partial charge >= 0.3 is 27.3 Å². The third kappa shape index (κ3) is 12.2. The smallest absolute Gasteiger partial charge is 0.504 e. The molecule has 0 heterocycles. The first-order valence-corrected chi connectivity index (χ1v) is 14.0. The topological polar surface area (TPSA) is 203 Å². The molecular weight excluding hydrogens is 733 g/mol. The van der Waals surface area contributed by atoms with Crippen LogP contribution in [0.5, 0.6) is 11.5 Å². The van der Waals surface area contributed by atoms with Gasteiger partial charge in [-0.15, -0.1) is 0 Å². The predicted molar refractivity (Wildman–Crippen MR) is 181 cm³/mol. The zero-order chi connectivity index (χ0) is 34.9. The van der Waals surface area contributed by atoms with Crippen molar-refractivity contribution in [2.75, 3.05) is 7.11 Å². The molecule has 0 atom stereocenters. The standard InChI is InChI=1S/C35H28N2O3.Cd.2NO3/c1-40-31-19-11-18-30(34(31)38)24-36-37-35(39)29-22-20-28(21-23-29)33(27-16-9-4-10-17-27)32(25-12-5-2-6-13-25)26-14-7-3-8-15-26;;2*2-1(3)4/h2-24,38H,1H3,(H,37,39);;;/q;+2;2*-1. The number of amides is 1. The van der Waals surface area contributed by atoms with E-state index < -0.39 is 10.2 Å². The molecule has 14 heteroatoms. The molecule has 0 saturated heterocycles. The van der Waals surface area contributed by atoms with Crippen molar-refractivity contribution in [3.8, 4) is 11.5 Å². The minimum Gasteiger partial charge on any atom is -0.504 e. The number of methoxy groups -OCH3 is 1. The van der Waals surface area contributed by atoms with Crippen LogP contribution in [0.1, 0.15) is 38.2 Å². The van der Waals surface area contributed by atoms with E-state index in [1.165, 1.54) is 13.3 Å².